The summed E-state index contributed by atoms with van der Waals surface area (Å²) in [5.74, 6) is 0.713. The third kappa shape index (κ3) is 5.40. The second-order valence-electron chi connectivity index (χ2n) is 14.0. The molecule has 0 saturated heterocycles. The first-order valence-electron chi connectivity index (χ1n) is 18.8. The van der Waals surface area contributed by atoms with Gasteiger partial charge in [0.15, 0.2) is 5.82 Å². The summed E-state index contributed by atoms with van der Waals surface area (Å²) >= 11 is 1.87. The lowest BCUT2D eigenvalue weighted by Gasteiger charge is -2.12. The van der Waals surface area contributed by atoms with Crippen molar-refractivity contribution in [1.29, 1.82) is 0 Å². The molecular weight excluding hydrogens is 701 g/mol. The molecule has 4 nitrogen and oxygen atoms in total. The van der Waals surface area contributed by atoms with Crippen molar-refractivity contribution >= 4 is 53.4 Å². The topological polar surface area (TPSA) is 43.6 Å². The van der Waals surface area contributed by atoms with Crippen molar-refractivity contribution < 1.29 is 0 Å². The summed E-state index contributed by atoms with van der Waals surface area (Å²) in [6, 6.07) is 68.1. The number of hydrogen-bond acceptors (Lipinski definition) is 4. The van der Waals surface area contributed by atoms with Gasteiger partial charge in [-0.3, -0.25) is 0 Å². The molecule has 4 aromatic heterocycles. The van der Waals surface area contributed by atoms with Crippen LogP contribution in [0.4, 0.5) is 0 Å². The van der Waals surface area contributed by atoms with E-state index < -0.39 is 0 Å². The van der Waals surface area contributed by atoms with Gasteiger partial charge < -0.3 is 4.57 Å². The van der Waals surface area contributed by atoms with Crippen LogP contribution in [0, 0.1) is 0 Å². The Morgan fingerprint density at radius 2 is 0.911 bits per heavy atom. The summed E-state index contributed by atoms with van der Waals surface area (Å²) < 4.78 is 4.97. The maximum absolute atomic E-state index is 5.39. The Morgan fingerprint density at radius 3 is 1.59 bits per heavy atom. The van der Waals surface area contributed by atoms with Crippen molar-refractivity contribution in [2.45, 2.75) is 0 Å². The van der Waals surface area contributed by atoms with Crippen molar-refractivity contribution in [2.75, 3.05) is 0 Å². The van der Waals surface area contributed by atoms with E-state index in [9.17, 15) is 0 Å². The van der Waals surface area contributed by atoms with Gasteiger partial charge in [-0.25, -0.2) is 15.0 Å². The number of thiophene rings is 1. The van der Waals surface area contributed by atoms with Gasteiger partial charge in [0.2, 0.25) is 0 Å². The number of rotatable bonds is 6. The predicted molar refractivity (Wildman–Crippen MR) is 234 cm³/mol. The summed E-state index contributed by atoms with van der Waals surface area (Å²) in [6.07, 6.45) is 0. The van der Waals surface area contributed by atoms with Crippen LogP contribution in [0.1, 0.15) is 0 Å². The molecule has 11 aromatic rings. The Morgan fingerprint density at radius 1 is 0.393 bits per heavy atom. The van der Waals surface area contributed by atoms with Crippen LogP contribution in [0.3, 0.4) is 0 Å². The molecule has 0 atom stereocenters. The molecular formula is C51H32N4S. The van der Waals surface area contributed by atoms with E-state index >= 15 is 0 Å². The Hall–Kier alpha value is -7.21. The molecule has 5 heteroatoms. The second-order valence-corrected chi connectivity index (χ2v) is 15.0. The predicted octanol–water partition coefficient (Wildman–Crippen LogP) is 13.7. The number of benzene rings is 7. The molecule has 0 amide bonds. The van der Waals surface area contributed by atoms with Crippen LogP contribution in [-0.2, 0) is 0 Å². The Labute approximate surface area is 327 Å². The zero-order valence-electron chi connectivity index (χ0n) is 30.2. The number of pyridine rings is 1. The smallest absolute Gasteiger partial charge is 0.160 e. The van der Waals surface area contributed by atoms with E-state index in [1.165, 1.54) is 36.6 Å². The van der Waals surface area contributed by atoms with Crippen LogP contribution in [-0.4, -0.2) is 19.5 Å². The van der Waals surface area contributed by atoms with Crippen molar-refractivity contribution in [1.82, 2.24) is 19.5 Å². The Balaban J connectivity index is 1.01. The van der Waals surface area contributed by atoms with Crippen molar-refractivity contribution in [3.05, 3.63) is 194 Å². The van der Waals surface area contributed by atoms with E-state index in [4.69, 9.17) is 15.0 Å². The molecule has 56 heavy (non-hydrogen) atoms. The first kappa shape index (κ1) is 32.2. The number of hydrogen-bond donors (Lipinski definition) is 0. The largest absolute Gasteiger partial charge is 0.308 e. The average molecular weight is 733 g/mol. The van der Waals surface area contributed by atoms with Crippen LogP contribution < -0.4 is 0 Å². The third-order valence-electron chi connectivity index (χ3n) is 10.6. The zero-order chi connectivity index (χ0) is 37.0. The molecule has 11 rings (SSSR count). The lowest BCUT2D eigenvalue weighted by molar-refractivity contribution is 1.18. The van der Waals surface area contributed by atoms with Gasteiger partial charge in [0.05, 0.1) is 38.3 Å². The number of fused-ring (bicyclic) bond motifs is 7. The molecule has 262 valence electrons. The van der Waals surface area contributed by atoms with Crippen molar-refractivity contribution in [3.63, 3.8) is 0 Å². The van der Waals surface area contributed by atoms with Crippen LogP contribution in [0.2, 0.25) is 0 Å². The normalized spacial score (nSPS) is 11.6. The van der Waals surface area contributed by atoms with Crippen LogP contribution in [0.25, 0.3) is 104 Å². The molecule has 4 heterocycles. The van der Waals surface area contributed by atoms with Gasteiger partial charge in [0, 0.05) is 48.8 Å². The molecule has 0 bridgehead atoms. The van der Waals surface area contributed by atoms with Gasteiger partial charge in [0.1, 0.15) is 0 Å². The van der Waals surface area contributed by atoms with Crippen molar-refractivity contribution in [3.8, 4) is 62.0 Å². The molecule has 0 N–H and O–H groups in total. The molecule has 0 radical (unpaired) electrons. The highest BCUT2D eigenvalue weighted by atomic mass is 32.1. The lowest BCUT2D eigenvalue weighted by Crippen LogP contribution is -1.95. The summed E-state index contributed by atoms with van der Waals surface area (Å²) in [4.78, 5) is 15.4. The molecule has 0 aliphatic heterocycles. The summed E-state index contributed by atoms with van der Waals surface area (Å²) in [7, 11) is 0. The van der Waals surface area contributed by atoms with Crippen LogP contribution in [0.15, 0.2) is 194 Å². The summed E-state index contributed by atoms with van der Waals surface area (Å²) in [5, 5.41) is 3.63. The van der Waals surface area contributed by atoms with Gasteiger partial charge in [-0.05, 0) is 41.5 Å². The van der Waals surface area contributed by atoms with Crippen LogP contribution in [0.5, 0.6) is 0 Å². The van der Waals surface area contributed by atoms with Crippen LogP contribution >= 0.6 is 11.3 Å². The van der Waals surface area contributed by atoms with E-state index in [1.807, 2.05) is 47.7 Å². The summed E-state index contributed by atoms with van der Waals surface area (Å²) in [6.45, 7) is 0. The first-order chi connectivity index (χ1) is 27.8. The molecule has 0 spiro atoms. The average Bonchev–Trinajstić information content (AvgIpc) is 3.83. The van der Waals surface area contributed by atoms with Crippen molar-refractivity contribution in [2.24, 2.45) is 0 Å². The highest BCUT2D eigenvalue weighted by molar-refractivity contribution is 7.27. The Kier molecular flexibility index (Phi) is 7.64. The van der Waals surface area contributed by atoms with Gasteiger partial charge in [-0.15, -0.1) is 11.3 Å². The van der Waals surface area contributed by atoms with E-state index in [2.05, 4.69) is 162 Å². The highest BCUT2D eigenvalue weighted by Gasteiger charge is 2.23. The standard InChI is InChI=1S/C51H32N4S/c1-4-14-35(15-5-1)43-32-44(54-51(53-43)38-16-6-2-7-17-38)36-28-24-33(25-29-36)34-26-30-37(31-27-34)47-46-48-50(56-49(46)40-20-10-12-22-42(40)52-47)41-21-11-13-23-45(41)55(48)39-18-8-3-9-19-39/h1-32H. The Bertz CT molecular complexity index is 3150. The minimum Gasteiger partial charge on any atom is -0.308 e. The minimum absolute atomic E-state index is 0.713. The summed E-state index contributed by atoms with van der Waals surface area (Å²) in [5.41, 5.74) is 13.8. The number of nitrogens with zero attached hydrogens (tertiary/aromatic N) is 4. The van der Waals surface area contributed by atoms with E-state index in [-0.39, 0.29) is 0 Å². The SMILES string of the molecule is c1ccc(-c2cc(-c3ccc(-c4ccc(-c5nc6ccccc6c6sc7c8ccccc8n(-c8ccccc8)c7c56)cc4)cc3)nc(-c3ccccc3)n2)cc1. The van der Waals surface area contributed by atoms with Gasteiger partial charge >= 0.3 is 0 Å². The lowest BCUT2D eigenvalue weighted by atomic mass is 9.99. The van der Waals surface area contributed by atoms with Gasteiger partial charge in [-0.1, -0.05) is 164 Å². The fraction of sp³-hybridized carbons (Fsp3) is 0. The van der Waals surface area contributed by atoms with Gasteiger partial charge in [0.25, 0.3) is 0 Å². The second kappa shape index (κ2) is 13.3. The number of para-hydroxylation sites is 3. The fourth-order valence-electron chi connectivity index (χ4n) is 7.92. The van der Waals surface area contributed by atoms with E-state index in [0.29, 0.717) is 5.82 Å². The fourth-order valence-corrected chi connectivity index (χ4v) is 9.28. The maximum Gasteiger partial charge on any atom is 0.160 e. The van der Waals surface area contributed by atoms with E-state index in [1.54, 1.807) is 0 Å². The highest BCUT2D eigenvalue weighted by Crippen LogP contribution is 2.47. The number of aromatic nitrogens is 4. The molecule has 0 unspecified atom stereocenters. The quantitative estimate of drug-likeness (QED) is 0.171. The molecule has 7 aromatic carbocycles. The molecule has 0 saturated carbocycles. The first-order valence-corrected chi connectivity index (χ1v) is 19.6. The van der Waals surface area contributed by atoms with Gasteiger partial charge in [-0.2, -0.15) is 0 Å². The third-order valence-corrected chi connectivity index (χ3v) is 11.9. The zero-order valence-corrected chi connectivity index (χ0v) is 31.0. The molecule has 0 aliphatic rings. The molecule has 0 aliphatic carbocycles. The molecule has 0 fully saturated rings. The van der Waals surface area contributed by atoms with E-state index in [0.717, 1.165) is 61.7 Å². The maximum atomic E-state index is 5.39. The minimum atomic E-state index is 0.713. The monoisotopic (exact) mass is 732 g/mol.